The van der Waals surface area contributed by atoms with Gasteiger partial charge in [0.15, 0.2) is 0 Å². The zero-order valence-corrected chi connectivity index (χ0v) is 14.2. The molecule has 5 nitrogen and oxygen atoms in total. The quantitative estimate of drug-likeness (QED) is 0.677. The van der Waals surface area contributed by atoms with Crippen LogP contribution < -0.4 is 10.9 Å². The number of hydrogen-bond acceptors (Lipinski definition) is 4. The van der Waals surface area contributed by atoms with Crippen LogP contribution in [0, 0.1) is 0 Å². The molecule has 0 aliphatic rings. The Morgan fingerprint density at radius 3 is 2.59 bits per heavy atom. The van der Waals surface area contributed by atoms with E-state index in [-0.39, 0.29) is 17.8 Å². The summed E-state index contributed by atoms with van der Waals surface area (Å²) in [7, 11) is 1.15. The normalized spacial score (nSPS) is 11.4. The highest BCUT2D eigenvalue weighted by atomic mass is 19.4. The predicted octanol–water partition coefficient (Wildman–Crippen LogP) is 3.95. The minimum Gasteiger partial charge on any atom is -0.465 e. The topological polar surface area (TPSA) is 71.2 Å². The summed E-state index contributed by atoms with van der Waals surface area (Å²) in [5.41, 5.74) is -0.605. The molecule has 0 fully saturated rings. The second-order valence-electron chi connectivity index (χ2n) is 5.79. The van der Waals surface area contributed by atoms with Crippen molar-refractivity contribution in [3.63, 3.8) is 0 Å². The third-order valence-corrected chi connectivity index (χ3v) is 4.03. The standard InChI is InChI=1S/C19H15F3N2O3/c1-27-18(26)15-16(13-7-2-3-8-14(13)24-17(15)25)23-10-11-5-4-6-12(9-11)19(20,21)22/h2-9H,10H2,1H3,(H2,23,24,25). The van der Waals surface area contributed by atoms with Gasteiger partial charge in [0.1, 0.15) is 5.56 Å². The first kappa shape index (κ1) is 18.5. The molecule has 3 aromatic rings. The van der Waals surface area contributed by atoms with Crippen molar-refractivity contribution >= 4 is 22.6 Å². The number of carbonyl (C=O) groups is 1. The highest BCUT2D eigenvalue weighted by Gasteiger charge is 2.30. The highest BCUT2D eigenvalue weighted by molar-refractivity contribution is 6.04. The van der Waals surface area contributed by atoms with Crippen LogP contribution in [-0.4, -0.2) is 18.1 Å². The van der Waals surface area contributed by atoms with Crippen LogP contribution in [0.3, 0.4) is 0 Å². The first-order valence-corrected chi connectivity index (χ1v) is 7.94. The number of anilines is 1. The summed E-state index contributed by atoms with van der Waals surface area (Å²) in [6, 6.07) is 11.6. The fourth-order valence-corrected chi connectivity index (χ4v) is 2.77. The van der Waals surface area contributed by atoms with E-state index in [4.69, 9.17) is 0 Å². The van der Waals surface area contributed by atoms with Gasteiger partial charge < -0.3 is 15.0 Å². The first-order valence-electron chi connectivity index (χ1n) is 7.94. The van der Waals surface area contributed by atoms with Gasteiger partial charge in [-0.05, 0) is 23.8 Å². The number of fused-ring (bicyclic) bond motifs is 1. The second kappa shape index (κ2) is 7.14. The van der Waals surface area contributed by atoms with Crippen molar-refractivity contribution in [1.29, 1.82) is 0 Å². The molecule has 0 spiro atoms. The van der Waals surface area contributed by atoms with Gasteiger partial charge in [-0.15, -0.1) is 0 Å². The van der Waals surface area contributed by atoms with Crippen molar-refractivity contribution < 1.29 is 22.7 Å². The molecule has 8 heteroatoms. The van der Waals surface area contributed by atoms with E-state index in [0.29, 0.717) is 16.5 Å². The van der Waals surface area contributed by atoms with Gasteiger partial charge in [0.25, 0.3) is 5.56 Å². The van der Waals surface area contributed by atoms with E-state index in [1.807, 2.05) is 0 Å². The Balaban J connectivity index is 2.04. The van der Waals surface area contributed by atoms with E-state index in [1.165, 1.54) is 12.1 Å². The molecule has 0 bridgehead atoms. The minimum absolute atomic E-state index is 0.0125. The maximum atomic E-state index is 12.9. The molecule has 0 saturated carbocycles. The number of benzene rings is 2. The lowest BCUT2D eigenvalue weighted by atomic mass is 10.1. The van der Waals surface area contributed by atoms with Crippen LogP contribution >= 0.6 is 0 Å². The molecule has 2 N–H and O–H groups in total. The summed E-state index contributed by atoms with van der Waals surface area (Å²) in [6.45, 7) is -0.0125. The summed E-state index contributed by atoms with van der Waals surface area (Å²) in [5.74, 6) is -0.839. The van der Waals surface area contributed by atoms with E-state index in [1.54, 1.807) is 24.3 Å². The van der Waals surface area contributed by atoms with Crippen molar-refractivity contribution in [1.82, 2.24) is 4.98 Å². The maximum absolute atomic E-state index is 12.9. The lowest BCUT2D eigenvalue weighted by molar-refractivity contribution is -0.137. The van der Waals surface area contributed by atoms with Crippen molar-refractivity contribution in [3.05, 3.63) is 75.6 Å². The molecule has 0 aliphatic carbocycles. The Labute approximate surface area is 151 Å². The molecular formula is C19H15F3N2O3. The van der Waals surface area contributed by atoms with E-state index < -0.39 is 23.3 Å². The molecule has 27 heavy (non-hydrogen) atoms. The highest BCUT2D eigenvalue weighted by Crippen LogP contribution is 2.30. The molecule has 1 aromatic heterocycles. The van der Waals surface area contributed by atoms with Crippen LogP contribution in [0.2, 0.25) is 0 Å². The van der Waals surface area contributed by atoms with E-state index >= 15 is 0 Å². The summed E-state index contributed by atoms with van der Waals surface area (Å²) < 4.78 is 43.3. The molecule has 0 amide bonds. The number of halogens is 3. The summed E-state index contributed by atoms with van der Waals surface area (Å²) in [4.78, 5) is 27.0. The van der Waals surface area contributed by atoms with Crippen molar-refractivity contribution in [3.8, 4) is 0 Å². The lowest BCUT2D eigenvalue weighted by Crippen LogP contribution is -2.22. The van der Waals surface area contributed by atoms with Crippen LogP contribution in [-0.2, 0) is 17.5 Å². The van der Waals surface area contributed by atoms with Crippen LogP contribution in [0.1, 0.15) is 21.5 Å². The van der Waals surface area contributed by atoms with E-state index in [0.717, 1.165) is 19.2 Å². The second-order valence-corrected chi connectivity index (χ2v) is 5.79. The lowest BCUT2D eigenvalue weighted by Gasteiger charge is -2.14. The minimum atomic E-state index is -4.45. The molecule has 2 aromatic carbocycles. The van der Waals surface area contributed by atoms with Gasteiger partial charge in [-0.3, -0.25) is 4.79 Å². The molecule has 0 atom stereocenters. The van der Waals surface area contributed by atoms with Crippen LogP contribution in [0.25, 0.3) is 10.9 Å². The Morgan fingerprint density at radius 2 is 1.89 bits per heavy atom. The molecular weight excluding hydrogens is 361 g/mol. The number of aromatic amines is 1. The summed E-state index contributed by atoms with van der Waals surface area (Å²) >= 11 is 0. The van der Waals surface area contributed by atoms with Gasteiger partial charge >= 0.3 is 12.1 Å². The van der Waals surface area contributed by atoms with E-state index in [2.05, 4.69) is 15.0 Å². The van der Waals surface area contributed by atoms with Crippen molar-refractivity contribution in [2.45, 2.75) is 12.7 Å². The van der Waals surface area contributed by atoms with Crippen LogP contribution in [0.15, 0.2) is 53.3 Å². The number of rotatable bonds is 4. The SMILES string of the molecule is COC(=O)c1c(NCc2cccc(C(F)(F)F)c2)c2ccccc2[nH]c1=O. The zero-order chi connectivity index (χ0) is 19.6. The number of ether oxygens (including phenoxy) is 1. The zero-order valence-electron chi connectivity index (χ0n) is 14.2. The first-order chi connectivity index (χ1) is 12.8. The smallest absolute Gasteiger partial charge is 0.416 e. The number of nitrogens with one attached hydrogen (secondary N) is 2. The maximum Gasteiger partial charge on any atom is 0.416 e. The number of carbonyl (C=O) groups excluding carboxylic acids is 1. The Kier molecular flexibility index (Phi) is 4.89. The van der Waals surface area contributed by atoms with Crippen molar-refractivity contribution in [2.24, 2.45) is 0 Å². The number of hydrogen-bond donors (Lipinski definition) is 2. The monoisotopic (exact) mass is 376 g/mol. The van der Waals surface area contributed by atoms with Crippen LogP contribution in [0.5, 0.6) is 0 Å². The summed E-state index contributed by atoms with van der Waals surface area (Å²) in [5, 5.41) is 3.46. The molecule has 0 saturated heterocycles. The Hall–Kier alpha value is -3.29. The number of methoxy groups -OCH3 is 1. The average molecular weight is 376 g/mol. The average Bonchev–Trinajstić information content (AvgIpc) is 2.64. The largest absolute Gasteiger partial charge is 0.465 e. The molecule has 0 radical (unpaired) electrons. The third-order valence-electron chi connectivity index (χ3n) is 4.03. The molecule has 3 rings (SSSR count). The van der Waals surface area contributed by atoms with Gasteiger partial charge in [0, 0.05) is 11.9 Å². The predicted molar refractivity (Wildman–Crippen MR) is 94.7 cm³/mol. The third kappa shape index (κ3) is 3.79. The van der Waals surface area contributed by atoms with Crippen LogP contribution in [0.4, 0.5) is 18.9 Å². The number of alkyl halides is 3. The fraction of sp³-hybridized carbons (Fsp3) is 0.158. The number of esters is 1. The molecule has 1 heterocycles. The van der Waals surface area contributed by atoms with Gasteiger partial charge in [0.05, 0.1) is 23.9 Å². The van der Waals surface area contributed by atoms with E-state index in [9.17, 15) is 22.8 Å². The summed E-state index contributed by atoms with van der Waals surface area (Å²) in [6.07, 6.45) is -4.45. The van der Waals surface area contributed by atoms with Crippen molar-refractivity contribution in [2.75, 3.05) is 12.4 Å². The Morgan fingerprint density at radius 1 is 1.15 bits per heavy atom. The number of para-hydroxylation sites is 1. The number of H-pyrrole nitrogens is 1. The van der Waals surface area contributed by atoms with Gasteiger partial charge in [-0.1, -0.05) is 30.3 Å². The fourth-order valence-electron chi connectivity index (χ4n) is 2.77. The van der Waals surface area contributed by atoms with Gasteiger partial charge in [-0.25, -0.2) is 4.79 Å². The molecule has 140 valence electrons. The molecule has 0 aliphatic heterocycles. The number of aromatic nitrogens is 1. The van der Waals surface area contributed by atoms with Gasteiger partial charge in [-0.2, -0.15) is 13.2 Å². The Bertz CT molecular complexity index is 1060. The number of pyridine rings is 1. The van der Waals surface area contributed by atoms with Gasteiger partial charge in [0.2, 0.25) is 0 Å². The molecule has 0 unspecified atom stereocenters.